The zero-order valence-electron chi connectivity index (χ0n) is 15.6. The Hall–Kier alpha value is -2.63. The molecule has 142 valence electrons. The molecule has 1 fully saturated rings. The van der Waals surface area contributed by atoms with E-state index in [0.717, 1.165) is 17.7 Å². The van der Waals surface area contributed by atoms with E-state index in [1.54, 1.807) is 28.8 Å². The number of amides is 2. The summed E-state index contributed by atoms with van der Waals surface area (Å²) in [6.45, 7) is 5.63. The van der Waals surface area contributed by atoms with Crippen LogP contribution in [0.1, 0.15) is 31.9 Å². The summed E-state index contributed by atoms with van der Waals surface area (Å²) in [5, 5.41) is 2.95. The number of carbonyl (C=O) groups excluding carboxylic acids is 1. The minimum absolute atomic E-state index is 0.0268. The van der Waals surface area contributed by atoms with Gasteiger partial charge in [0, 0.05) is 54.5 Å². The van der Waals surface area contributed by atoms with E-state index in [-0.39, 0.29) is 35.3 Å². The van der Waals surface area contributed by atoms with E-state index in [4.69, 9.17) is 0 Å². The number of fused-ring (bicyclic) bond motifs is 4. The van der Waals surface area contributed by atoms with Crippen LogP contribution in [0.4, 0.5) is 9.18 Å². The summed E-state index contributed by atoms with van der Waals surface area (Å²) in [4.78, 5) is 26.9. The van der Waals surface area contributed by atoms with Gasteiger partial charge < -0.3 is 14.8 Å². The summed E-state index contributed by atoms with van der Waals surface area (Å²) in [5.74, 6) is -0.0343. The molecule has 1 aromatic carbocycles. The highest BCUT2D eigenvalue weighted by Gasteiger charge is 2.38. The predicted octanol–water partition coefficient (Wildman–Crippen LogP) is 3.19. The van der Waals surface area contributed by atoms with Crippen LogP contribution in [0, 0.1) is 11.7 Å². The van der Waals surface area contributed by atoms with Crippen molar-refractivity contribution in [3.8, 4) is 11.1 Å². The number of halogens is 1. The summed E-state index contributed by atoms with van der Waals surface area (Å²) in [6.07, 6.45) is 0.913. The molecule has 1 saturated heterocycles. The first-order valence-electron chi connectivity index (χ1n) is 9.48. The van der Waals surface area contributed by atoms with Gasteiger partial charge in [-0.2, -0.15) is 0 Å². The number of nitrogens with one attached hydrogen (secondary N) is 1. The fourth-order valence-corrected chi connectivity index (χ4v) is 4.43. The van der Waals surface area contributed by atoms with Crippen LogP contribution in [-0.2, 0) is 6.54 Å². The maximum atomic E-state index is 14.5. The van der Waals surface area contributed by atoms with Crippen molar-refractivity contribution >= 4 is 6.03 Å². The second-order valence-corrected chi connectivity index (χ2v) is 7.87. The highest BCUT2D eigenvalue weighted by Crippen LogP contribution is 2.40. The molecule has 0 radical (unpaired) electrons. The Morgan fingerprint density at radius 3 is 2.63 bits per heavy atom. The van der Waals surface area contributed by atoms with Gasteiger partial charge >= 0.3 is 6.03 Å². The number of hydrogen-bond donors (Lipinski definition) is 1. The van der Waals surface area contributed by atoms with Crippen molar-refractivity contribution < 1.29 is 9.18 Å². The molecule has 3 heterocycles. The number of nitrogens with zero attached hydrogens (tertiary/aromatic N) is 2. The van der Waals surface area contributed by atoms with Gasteiger partial charge in [0.15, 0.2) is 0 Å². The molecule has 2 atom stereocenters. The molecular formula is C21H24FN3O2. The number of likely N-dealkylation sites (tertiary alicyclic amines) is 1. The van der Waals surface area contributed by atoms with E-state index < -0.39 is 0 Å². The molecule has 0 saturated carbocycles. The van der Waals surface area contributed by atoms with Crippen LogP contribution in [0.3, 0.4) is 0 Å². The number of piperidine rings is 1. The number of aromatic nitrogens is 1. The average Bonchev–Trinajstić information content (AvgIpc) is 2.62. The number of rotatable bonds is 2. The van der Waals surface area contributed by atoms with E-state index in [2.05, 4.69) is 5.32 Å². The minimum Gasteiger partial charge on any atom is -0.336 e. The van der Waals surface area contributed by atoms with Crippen LogP contribution < -0.4 is 10.9 Å². The Labute approximate surface area is 157 Å². The van der Waals surface area contributed by atoms with E-state index in [1.165, 1.54) is 12.1 Å². The Morgan fingerprint density at radius 1 is 1.11 bits per heavy atom. The highest BCUT2D eigenvalue weighted by atomic mass is 19.1. The molecule has 0 spiro atoms. The van der Waals surface area contributed by atoms with Gasteiger partial charge in [0.05, 0.1) is 0 Å². The number of hydrogen-bond acceptors (Lipinski definition) is 2. The lowest BCUT2D eigenvalue weighted by Gasteiger charge is -2.43. The Kier molecular flexibility index (Phi) is 4.50. The van der Waals surface area contributed by atoms with Gasteiger partial charge in [-0.1, -0.05) is 18.2 Å². The largest absolute Gasteiger partial charge is 0.336 e. The quantitative estimate of drug-likeness (QED) is 0.884. The fraction of sp³-hybridized carbons (Fsp3) is 0.429. The lowest BCUT2D eigenvalue weighted by molar-refractivity contribution is 0.130. The first kappa shape index (κ1) is 17.8. The molecular weight excluding hydrogens is 345 g/mol. The van der Waals surface area contributed by atoms with Gasteiger partial charge in [0.2, 0.25) is 0 Å². The topological polar surface area (TPSA) is 54.3 Å². The minimum atomic E-state index is -0.300. The summed E-state index contributed by atoms with van der Waals surface area (Å²) in [6, 6.07) is 9.89. The van der Waals surface area contributed by atoms with Crippen molar-refractivity contribution in [3.63, 3.8) is 0 Å². The zero-order valence-corrected chi connectivity index (χ0v) is 15.6. The van der Waals surface area contributed by atoms with Crippen LogP contribution in [0.5, 0.6) is 0 Å². The van der Waals surface area contributed by atoms with Gasteiger partial charge in [-0.3, -0.25) is 4.79 Å². The lowest BCUT2D eigenvalue weighted by atomic mass is 9.80. The summed E-state index contributed by atoms with van der Waals surface area (Å²) < 4.78 is 16.2. The van der Waals surface area contributed by atoms with Crippen LogP contribution in [0.25, 0.3) is 11.1 Å². The van der Waals surface area contributed by atoms with Crippen molar-refractivity contribution in [2.45, 2.75) is 38.8 Å². The monoisotopic (exact) mass is 369 g/mol. The van der Waals surface area contributed by atoms with Gasteiger partial charge in [0.1, 0.15) is 5.82 Å². The maximum absolute atomic E-state index is 14.5. The Bertz CT molecular complexity index is 937. The van der Waals surface area contributed by atoms with Crippen molar-refractivity contribution in [2.24, 2.45) is 5.92 Å². The standard InChI is InChI=1S/C21H24FN3O2/c1-13(2)23-21(27)24-10-14-9-15(12-24)20-17(7-8-19(26)25(20)11-14)16-5-3-4-6-18(16)22/h3-8,13-15H,9-12H2,1-2H3,(H,23,27)/t14-,15-/m1/s1. The van der Waals surface area contributed by atoms with Gasteiger partial charge in [0.25, 0.3) is 5.56 Å². The van der Waals surface area contributed by atoms with Gasteiger partial charge in [-0.05, 0) is 38.3 Å². The second kappa shape index (κ2) is 6.83. The van der Waals surface area contributed by atoms with Crippen LogP contribution in [0.2, 0.25) is 0 Å². The van der Waals surface area contributed by atoms with E-state index in [0.29, 0.717) is 25.2 Å². The molecule has 2 aliphatic rings. The molecule has 6 heteroatoms. The molecule has 1 aromatic heterocycles. The predicted molar refractivity (Wildman–Crippen MR) is 102 cm³/mol. The summed E-state index contributed by atoms with van der Waals surface area (Å²) in [7, 11) is 0. The lowest BCUT2D eigenvalue weighted by Crippen LogP contribution is -2.53. The molecule has 27 heavy (non-hydrogen) atoms. The molecule has 2 aliphatic heterocycles. The normalized spacial score (nSPS) is 21.1. The Morgan fingerprint density at radius 2 is 1.89 bits per heavy atom. The van der Waals surface area contributed by atoms with Crippen LogP contribution in [-0.4, -0.2) is 34.6 Å². The SMILES string of the molecule is CC(C)NC(=O)N1C[C@H]2C[C@H](C1)c1c(-c3ccccc3F)ccc(=O)n1C2. The average molecular weight is 369 g/mol. The number of benzene rings is 1. The molecule has 2 aromatic rings. The summed E-state index contributed by atoms with van der Waals surface area (Å²) in [5.41, 5.74) is 2.05. The Balaban J connectivity index is 1.76. The van der Waals surface area contributed by atoms with Crippen LogP contribution >= 0.6 is 0 Å². The van der Waals surface area contributed by atoms with E-state index in [1.807, 2.05) is 18.7 Å². The summed E-state index contributed by atoms with van der Waals surface area (Å²) >= 11 is 0. The third kappa shape index (κ3) is 3.24. The first-order chi connectivity index (χ1) is 12.9. The zero-order chi connectivity index (χ0) is 19.1. The third-order valence-corrected chi connectivity index (χ3v) is 5.45. The van der Waals surface area contributed by atoms with Crippen molar-refractivity contribution in [3.05, 3.63) is 58.3 Å². The van der Waals surface area contributed by atoms with Gasteiger partial charge in [-0.25, -0.2) is 9.18 Å². The molecule has 2 amide bonds. The number of pyridine rings is 1. The molecule has 5 nitrogen and oxygen atoms in total. The van der Waals surface area contributed by atoms with Crippen molar-refractivity contribution in [1.29, 1.82) is 0 Å². The van der Waals surface area contributed by atoms with Crippen LogP contribution in [0.15, 0.2) is 41.2 Å². The van der Waals surface area contributed by atoms with E-state index >= 15 is 0 Å². The second-order valence-electron chi connectivity index (χ2n) is 7.87. The third-order valence-electron chi connectivity index (χ3n) is 5.45. The molecule has 0 unspecified atom stereocenters. The van der Waals surface area contributed by atoms with Gasteiger partial charge in [-0.15, -0.1) is 0 Å². The van der Waals surface area contributed by atoms with Crippen molar-refractivity contribution in [1.82, 2.24) is 14.8 Å². The van der Waals surface area contributed by atoms with Crippen molar-refractivity contribution in [2.75, 3.05) is 13.1 Å². The molecule has 0 aliphatic carbocycles. The highest BCUT2D eigenvalue weighted by molar-refractivity contribution is 5.75. The smallest absolute Gasteiger partial charge is 0.317 e. The number of urea groups is 1. The number of carbonyl (C=O) groups is 1. The molecule has 1 N–H and O–H groups in total. The first-order valence-corrected chi connectivity index (χ1v) is 9.48. The van der Waals surface area contributed by atoms with E-state index in [9.17, 15) is 14.0 Å². The fourth-order valence-electron chi connectivity index (χ4n) is 4.43. The maximum Gasteiger partial charge on any atom is 0.317 e. The molecule has 2 bridgehead atoms. The molecule has 4 rings (SSSR count).